The van der Waals surface area contributed by atoms with E-state index in [0.29, 0.717) is 29.2 Å². The molecule has 0 aliphatic carbocycles. The molecule has 0 amide bonds. The fraction of sp³-hybridized carbons (Fsp3) is 0.174. The number of carboxylic acids is 1. The number of hydrogen-bond acceptors (Lipinski definition) is 7. The lowest BCUT2D eigenvalue weighted by atomic mass is 9.99. The number of nitrogens with one attached hydrogen (secondary N) is 1. The van der Waals surface area contributed by atoms with E-state index in [-0.39, 0.29) is 22.9 Å². The van der Waals surface area contributed by atoms with Crippen LogP contribution >= 0.6 is 0 Å². The van der Waals surface area contributed by atoms with Crippen LogP contribution in [0.2, 0.25) is 0 Å². The zero-order valence-electron chi connectivity index (χ0n) is 17.9. The van der Waals surface area contributed by atoms with Gasteiger partial charge >= 0.3 is 5.97 Å². The second-order valence-electron chi connectivity index (χ2n) is 6.95. The third-order valence-corrected chi connectivity index (χ3v) is 4.79. The molecule has 0 fully saturated rings. The summed E-state index contributed by atoms with van der Waals surface area (Å²) in [7, 11) is 1.52. The maximum Gasteiger partial charge on any atom is 0.331 e. The molecule has 3 aromatic rings. The van der Waals surface area contributed by atoms with Crippen molar-refractivity contribution in [3.05, 3.63) is 57.9 Å². The molecular formula is C23H24N4O5. The predicted octanol–water partition coefficient (Wildman–Crippen LogP) is 3.16. The summed E-state index contributed by atoms with van der Waals surface area (Å²) in [6.07, 6.45) is 1.55. The molecule has 0 saturated carbocycles. The van der Waals surface area contributed by atoms with E-state index in [1.807, 2.05) is 31.2 Å². The van der Waals surface area contributed by atoms with Crippen molar-refractivity contribution in [3.63, 3.8) is 0 Å². The Bertz CT molecular complexity index is 1260. The molecule has 0 radical (unpaired) electrons. The van der Waals surface area contributed by atoms with Crippen molar-refractivity contribution in [3.8, 4) is 34.0 Å². The lowest BCUT2D eigenvalue weighted by molar-refractivity contribution is -0.132. The van der Waals surface area contributed by atoms with Crippen LogP contribution < -0.4 is 26.5 Å². The van der Waals surface area contributed by atoms with E-state index in [1.165, 1.54) is 14.0 Å². The van der Waals surface area contributed by atoms with Gasteiger partial charge in [0.2, 0.25) is 0 Å². The van der Waals surface area contributed by atoms with Crippen LogP contribution in [0.3, 0.4) is 0 Å². The standard InChI is InChI=1S/C23H24N4O5/c1-4-32-18-11-14(5-7-16(18)21-26-20(25)19(24)22(28)27-21)13-6-8-17(31-3)15(10-13)9-12(2)23(29)30/h5-11H,4,24H2,1-3H3,(H,29,30)(H3,25,26,27,28)/b12-9+. The Hall–Kier alpha value is -4.27. The minimum absolute atomic E-state index is 0.0596. The fourth-order valence-corrected chi connectivity index (χ4v) is 3.12. The number of carbonyl (C=O) groups is 1. The quantitative estimate of drug-likeness (QED) is 0.412. The van der Waals surface area contributed by atoms with Gasteiger partial charge in [-0.2, -0.15) is 0 Å². The number of aromatic amines is 1. The van der Waals surface area contributed by atoms with E-state index in [2.05, 4.69) is 9.97 Å². The molecule has 0 saturated heterocycles. The maximum atomic E-state index is 12.0. The minimum atomic E-state index is -1.01. The Morgan fingerprint density at radius 2 is 1.84 bits per heavy atom. The fourth-order valence-electron chi connectivity index (χ4n) is 3.12. The first kappa shape index (κ1) is 22.4. The van der Waals surface area contributed by atoms with Crippen LogP contribution in [0.4, 0.5) is 11.5 Å². The summed E-state index contributed by atoms with van der Waals surface area (Å²) in [6.45, 7) is 3.75. The molecule has 0 unspecified atom stereocenters. The minimum Gasteiger partial charge on any atom is -0.496 e. The van der Waals surface area contributed by atoms with Crippen LogP contribution in [-0.2, 0) is 4.79 Å². The van der Waals surface area contributed by atoms with Crippen LogP contribution in [0.5, 0.6) is 11.5 Å². The molecule has 9 nitrogen and oxygen atoms in total. The van der Waals surface area contributed by atoms with Crippen LogP contribution in [0.1, 0.15) is 19.4 Å². The van der Waals surface area contributed by atoms with Gasteiger partial charge < -0.3 is 31.0 Å². The van der Waals surface area contributed by atoms with Crippen molar-refractivity contribution in [1.29, 1.82) is 0 Å². The van der Waals surface area contributed by atoms with Gasteiger partial charge in [-0.1, -0.05) is 12.1 Å². The summed E-state index contributed by atoms with van der Waals surface area (Å²) in [5, 5.41) is 9.21. The summed E-state index contributed by atoms with van der Waals surface area (Å²) in [5.41, 5.74) is 13.7. The highest BCUT2D eigenvalue weighted by Crippen LogP contribution is 2.35. The molecular weight excluding hydrogens is 412 g/mol. The van der Waals surface area contributed by atoms with Gasteiger partial charge in [0.15, 0.2) is 5.82 Å². The Morgan fingerprint density at radius 3 is 2.47 bits per heavy atom. The summed E-state index contributed by atoms with van der Waals surface area (Å²) in [4.78, 5) is 30.1. The van der Waals surface area contributed by atoms with Crippen molar-refractivity contribution in [2.45, 2.75) is 13.8 Å². The molecule has 0 atom stereocenters. The number of hydrogen-bond donors (Lipinski definition) is 4. The number of H-pyrrole nitrogens is 1. The monoisotopic (exact) mass is 436 g/mol. The summed E-state index contributed by atoms with van der Waals surface area (Å²) < 4.78 is 11.1. The van der Waals surface area contributed by atoms with Crippen molar-refractivity contribution in [1.82, 2.24) is 9.97 Å². The van der Waals surface area contributed by atoms with Crippen molar-refractivity contribution < 1.29 is 19.4 Å². The number of nitrogens with two attached hydrogens (primary N) is 2. The topological polar surface area (TPSA) is 154 Å². The highest BCUT2D eigenvalue weighted by Gasteiger charge is 2.14. The number of anilines is 2. The SMILES string of the molecule is CCOc1cc(-c2ccc(OC)c(/C=C(\C)C(=O)O)c2)ccc1-c1nc(N)c(N)c(=O)[nH]1. The van der Waals surface area contributed by atoms with Crippen molar-refractivity contribution >= 4 is 23.6 Å². The third kappa shape index (κ3) is 4.56. The van der Waals surface area contributed by atoms with Gasteiger partial charge in [-0.05, 0) is 55.3 Å². The predicted molar refractivity (Wildman–Crippen MR) is 124 cm³/mol. The highest BCUT2D eigenvalue weighted by molar-refractivity contribution is 5.92. The van der Waals surface area contributed by atoms with E-state index >= 15 is 0 Å². The first-order chi connectivity index (χ1) is 15.2. The number of ether oxygens (including phenoxy) is 2. The van der Waals surface area contributed by atoms with Crippen LogP contribution in [0, 0.1) is 0 Å². The Kier molecular flexibility index (Phi) is 6.48. The average Bonchev–Trinajstić information content (AvgIpc) is 2.77. The van der Waals surface area contributed by atoms with Gasteiger partial charge in [0, 0.05) is 11.1 Å². The van der Waals surface area contributed by atoms with E-state index in [9.17, 15) is 14.7 Å². The molecule has 0 aliphatic heterocycles. The van der Waals surface area contributed by atoms with E-state index in [0.717, 1.165) is 11.1 Å². The van der Waals surface area contributed by atoms with Gasteiger partial charge in [0.05, 0.1) is 19.3 Å². The number of aromatic nitrogens is 2. The lowest BCUT2D eigenvalue weighted by Crippen LogP contribution is -2.17. The Morgan fingerprint density at radius 1 is 1.16 bits per heavy atom. The molecule has 1 heterocycles. The molecule has 166 valence electrons. The van der Waals surface area contributed by atoms with Gasteiger partial charge in [0.25, 0.3) is 5.56 Å². The zero-order valence-corrected chi connectivity index (χ0v) is 17.9. The molecule has 32 heavy (non-hydrogen) atoms. The average molecular weight is 436 g/mol. The molecule has 0 bridgehead atoms. The molecule has 0 aliphatic rings. The van der Waals surface area contributed by atoms with E-state index in [1.54, 1.807) is 18.2 Å². The van der Waals surface area contributed by atoms with E-state index in [4.69, 9.17) is 20.9 Å². The molecule has 9 heteroatoms. The van der Waals surface area contributed by atoms with Crippen molar-refractivity contribution in [2.75, 3.05) is 25.2 Å². The second-order valence-corrected chi connectivity index (χ2v) is 6.95. The lowest BCUT2D eigenvalue weighted by Gasteiger charge is -2.14. The Labute approximate surface area is 184 Å². The number of nitrogen functional groups attached to an aromatic ring is 2. The molecule has 3 rings (SSSR count). The highest BCUT2D eigenvalue weighted by atomic mass is 16.5. The first-order valence-corrected chi connectivity index (χ1v) is 9.77. The smallest absolute Gasteiger partial charge is 0.331 e. The summed E-state index contributed by atoms with van der Waals surface area (Å²) in [6, 6.07) is 10.9. The number of aliphatic carboxylic acids is 1. The van der Waals surface area contributed by atoms with Gasteiger partial charge in [-0.25, -0.2) is 9.78 Å². The van der Waals surface area contributed by atoms with Gasteiger partial charge in [-0.15, -0.1) is 0 Å². The van der Waals surface area contributed by atoms with Gasteiger partial charge in [0.1, 0.15) is 23.0 Å². The first-order valence-electron chi connectivity index (χ1n) is 9.77. The van der Waals surface area contributed by atoms with Crippen LogP contribution in [0.25, 0.3) is 28.6 Å². The zero-order chi connectivity index (χ0) is 23.4. The summed E-state index contributed by atoms with van der Waals surface area (Å²) in [5.74, 6) is 0.217. The number of nitrogens with zero attached hydrogens (tertiary/aromatic N) is 1. The van der Waals surface area contributed by atoms with Crippen LogP contribution in [0.15, 0.2) is 46.8 Å². The van der Waals surface area contributed by atoms with E-state index < -0.39 is 11.5 Å². The normalized spacial score (nSPS) is 11.3. The van der Waals surface area contributed by atoms with Crippen molar-refractivity contribution in [2.24, 2.45) is 0 Å². The molecule has 2 aromatic carbocycles. The number of methoxy groups -OCH3 is 1. The maximum absolute atomic E-state index is 12.0. The Balaban J connectivity index is 2.12. The second kappa shape index (κ2) is 9.25. The third-order valence-electron chi connectivity index (χ3n) is 4.79. The number of rotatable bonds is 7. The number of benzene rings is 2. The number of carboxylic acid groups (broad SMARTS) is 1. The van der Waals surface area contributed by atoms with Gasteiger partial charge in [-0.3, -0.25) is 4.79 Å². The largest absolute Gasteiger partial charge is 0.496 e. The molecule has 0 spiro atoms. The van der Waals surface area contributed by atoms with Crippen LogP contribution in [-0.4, -0.2) is 34.8 Å². The molecule has 1 aromatic heterocycles. The molecule has 6 N–H and O–H groups in total. The summed E-state index contributed by atoms with van der Waals surface area (Å²) >= 11 is 0.